The van der Waals surface area contributed by atoms with E-state index < -0.39 is 10.9 Å². The van der Waals surface area contributed by atoms with Gasteiger partial charge in [0, 0.05) is 6.07 Å². The van der Waals surface area contributed by atoms with Crippen LogP contribution in [0, 0.1) is 10.1 Å². The number of ether oxygens (including phenoxy) is 1. The Hall–Kier alpha value is -1.76. The summed E-state index contributed by atoms with van der Waals surface area (Å²) in [6.45, 7) is 2.30. The van der Waals surface area contributed by atoms with Crippen LogP contribution in [-0.4, -0.2) is 34.1 Å². The second-order valence-corrected chi connectivity index (χ2v) is 5.01. The fourth-order valence-corrected chi connectivity index (χ4v) is 2.08. The van der Waals surface area contributed by atoms with Gasteiger partial charge in [-0.3, -0.25) is 10.1 Å². The zero-order valence-corrected chi connectivity index (χ0v) is 11.3. The maximum Gasteiger partial charge on any atom is 0.339 e. The van der Waals surface area contributed by atoms with Crippen molar-refractivity contribution in [2.45, 2.75) is 13.3 Å². The monoisotopic (exact) mass is 285 g/mol. The molecule has 0 aliphatic heterocycles. The molecule has 19 heavy (non-hydrogen) atoms. The molecule has 7 heteroatoms. The smallest absolute Gasteiger partial charge is 0.339 e. The highest BCUT2D eigenvalue weighted by molar-refractivity contribution is 7.99. The summed E-state index contributed by atoms with van der Waals surface area (Å²) in [5, 5.41) is 19.9. The van der Waals surface area contributed by atoms with Crippen molar-refractivity contribution in [3.8, 4) is 5.75 Å². The highest BCUT2D eigenvalue weighted by Gasteiger charge is 2.22. The van der Waals surface area contributed by atoms with Gasteiger partial charge in [-0.1, -0.05) is 13.0 Å². The average molecular weight is 285 g/mol. The summed E-state index contributed by atoms with van der Waals surface area (Å²) in [5.74, 6) is 0.467. The first-order valence-corrected chi connectivity index (χ1v) is 6.94. The number of hydrogen-bond acceptors (Lipinski definition) is 5. The normalized spacial score (nSPS) is 10.2. The van der Waals surface area contributed by atoms with Gasteiger partial charge in [-0.05, 0) is 24.0 Å². The van der Waals surface area contributed by atoms with Crippen LogP contribution in [0.25, 0.3) is 0 Å². The number of aromatic carboxylic acids is 1. The molecule has 0 amide bonds. The van der Waals surface area contributed by atoms with Gasteiger partial charge in [0.2, 0.25) is 5.75 Å². The standard InChI is InChI=1S/C12H15NO5S/c1-2-19-8-4-7-18-11-9(12(14)15)5-3-6-10(11)13(16)17/h3,5-6H,2,4,7-8H2,1H3,(H,14,15). The lowest BCUT2D eigenvalue weighted by molar-refractivity contribution is -0.385. The molecule has 0 aromatic heterocycles. The summed E-state index contributed by atoms with van der Waals surface area (Å²) in [4.78, 5) is 21.2. The fraction of sp³-hybridized carbons (Fsp3) is 0.417. The number of carboxylic acid groups (broad SMARTS) is 1. The first kappa shape index (κ1) is 15.3. The first-order chi connectivity index (χ1) is 9.07. The minimum atomic E-state index is -1.23. The number of hydrogen-bond donors (Lipinski definition) is 1. The Labute approximate surface area is 114 Å². The number of nitro groups is 1. The quantitative estimate of drug-likeness (QED) is 0.449. The molecule has 6 nitrogen and oxygen atoms in total. The predicted octanol–water partition coefficient (Wildman–Crippen LogP) is 2.82. The maximum absolute atomic E-state index is 11.0. The van der Waals surface area contributed by atoms with Gasteiger partial charge in [-0.25, -0.2) is 4.79 Å². The molecule has 0 saturated heterocycles. The minimum absolute atomic E-state index is 0.165. The maximum atomic E-state index is 11.0. The van der Waals surface area contributed by atoms with E-state index in [0.29, 0.717) is 6.42 Å². The van der Waals surface area contributed by atoms with Crippen LogP contribution in [-0.2, 0) is 0 Å². The number of nitrogens with zero attached hydrogens (tertiary/aromatic N) is 1. The summed E-state index contributed by atoms with van der Waals surface area (Å²) >= 11 is 1.73. The van der Waals surface area contributed by atoms with Gasteiger partial charge in [0.15, 0.2) is 0 Å². The largest absolute Gasteiger partial charge is 0.486 e. The van der Waals surface area contributed by atoms with Crippen molar-refractivity contribution in [2.24, 2.45) is 0 Å². The molecule has 0 saturated carbocycles. The molecule has 1 rings (SSSR count). The van der Waals surface area contributed by atoms with E-state index in [1.165, 1.54) is 18.2 Å². The molecule has 0 fully saturated rings. The molecule has 1 aromatic rings. The highest BCUT2D eigenvalue weighted by Crippen LogP contribution is 2.31. The zero-order valence-electron chi connectivity index (χ0n) is 10.5. The molecule has 0 aliphatic rings. The van der Waals surface area contributed by atoms with Crippen LogP contribution in [0.4, 0.5) is 5.69 Å². The van der Waals surface area contributed by atoms with Crippen LogP contribution < -0.4 is 4.74 Å². The molecule has 1 aromatic carbocycles. The summed E-state index contributed by atoms with van der Waals surface area (Å²) in [7, 11) is 0. The number of rotatable bonds is 8. The summed E-state index contributed by atoms with van der Waals surface area (Å²) < 4.78 is 5.30. The van der Waals surface area contributed by atoms with Gasteiger partial charge < -0.3 is 9.84 Å². The van der Waals surface area contributed by atoms with Crippen LogP contribution >= 0.6 is 11.8 Å². The number of carbonyl (C=O) groups is 1. The van der Waals surface area contributed by atoms with Crippen molar-refractivity contribution >= 4 is 23.4 Å². The summed E-state index contributed by atoms with van der Waals surface area (Å²) in [6, 6.07) is 3.87. The Kier molecular flexibility index (Phi) is 6.14. The Bertz CT molecular complexity index is 431. The molecule has 0 heterocycles. The summed E-state index contributed by atoms with van der Waals surface area (Å²) in [5.41, 5.74) is -0.500. The SMILES string of the molecule is CCSCCCOc1c(C(=O)O)cccc1[N+](=O)[O-]. The van der Waals surface area contributed by atoms with Gasteiger partial charge in [-0.15, -0.1) is 0 Å². The van der Waals surface area contributed by atoms with Gasteiger partial charge >= 0.3 is 11.7 Å². The van der Waals surface area contributed by atoms with Gasteiger partial charge in [0.25, 0.3) is 0 Å². The van der Waals surface area contributed by atoms with Gasteiger partial charge in [0.1, 0.15) is 5.56 Å². The lowest BCUT2D eigenvalue weighted by atomic mass is 10.1. The van der Waals surface area contributed by atoms with Crippen molar-refractivity contribution in [3.63, 3.8) is 0 Å². The second kappa shape index (κ2) is 7.63. The average Bonchev–Trinajstić information content (AvgIpc) is 2.38. The van der Waals surface area contributed by atoms with Crippen LogP contribution in [0.15, 0.2) is 18.2 Å². The third-order valence-corrected chi connectivity index (χ3v) is 3.29. The minimum Gasteiger partial charge on any atom is -0.486 e. The molecule has 0 unspecified atom stereocenters. The highest BCUT2D eigenvalue weighted by atomic mass is 32.2. The van der Waals surface area contributed by atoms with E-state index >= 15 is 0 Å². The Morgan fingerprint density at radius 2 is 2.26 bits per heavy atom. The Balaban J connectivity index is 2.83. The molecule has 0 aliphatic carbocycles. The topological polar surface area (TPSA) is 89.7 Å². The van der Waals surface area contributed by atoms with E-state index in [4.69, 9.17) is 9.84 Å². The molecular formula is C12H15NO5S. The van der Waals surface area contributed by atoms with E-state index in [1.54, 1.807) is 11.8 Å². The van der Waals surface area contributed by atoms with Crippen molar-refractivity contribution < 1.29 is 19.6 Å². The van der Waals surface area contributed by atoms with Crippen molar-refractivity contribution in [2.75, 3.05) is 18.1 Å². The van der Waals surface area contributed by atoms with E-state index in [1.807, 2.05) is 6.92 Å². The van der Waals surface area contributed by atoms with Gasteiger partial charge in [0.05, 0.1) is 11.5 Å². The molecule has 0 bridgehead atoms. The lowest BCUT2D eigenvalue weighted by Crippen LogP contribution is -2.07. The predicted molar refractivity (Wildman–Crippen MR) is 73.2 cm³/mol. The Morgan fingerprint density at radius 3 is 2.84 bits per heavy atom. The lowest BCUT2D eigenvalue weighted by Gasteiger charge is -2.09. The number of para-hydroxylation sites is 1. The second-order valence-electron chi connectivity index (χ2n) is 3.62. The molecule has 104 valence electrons. The van der Waals surface area contributed by atoms with Crippen molar-refractivity contribution in [3.05, 3.63) is 33.9 Å². The molecule has 1 N–H and O–H groups in total. The molecule has 0 spiro atoms. The number of carboxylic acids is 1. The van der Waals surface area contributed by atoms with Crippen molar-refractivity contribution in [1.82, 2.24) is 0 Å². The van der Waals surface area contributed by atoms with E-state index in [2.05, 4.69) is 0 Å². The molecule has 0 atom stereocenters. The van der Waals surface area contributed by atoms with E-state index in [0.717, 1.165) is 11.5 Å². The van der Waals surface area contributed by atoms with Crippen LogP contribution in [0.2, 0.25) is 0 Å². The van der Waals surface area contributed by atoms with E-state index in [-0.39, 0.29) is 23.6 Å². The van der Waals surface area contributed by atoms with Gasteiger partial charge in [-0.2, -0.15) is 11.8 Å². The van der Waals surface area contributed by atoms with E-state index in [9.17, 15) is 14.9 Å². The van der Waals surface area contributed by atoms with Crippen LogP contribution in [0.3, 0.4) is 0 Å². The third-order valence-electron chi connectivity index (χ3n) is 2.30. The number of nitro benzene ring substituents is 1. The fourth-order valence-electron chi connectivity index (χ4n) is 1.47. The number of thioether (sulfide) groups is 1. The van der Waals surface area contributed by atoms with Crippen LogP contribution in [0.5, 0.6) is 5.75 Å². The third kappa shape index (κ3) is 4.44. The number of benzene rings is 1. The van der Waals surface area contributed by atoms with Crippen LogP contribution in [0.1, 0.15) is 23.7 Å². The van der Waals surface area contributed by atoms with Crippen molar-refractivity contribution in [1.29, 1.82) is 0 Å². The first-order valence-electron chi connectivity index (χ1n) is 5.79. The molecular weight excluding hydrogens is 270 g/mol. The summed E-state index contributed by atoms with van der Waals surface area (Å²) in [6.07, 6.45) is 0.712. The molecule has 0 radical (unpaired) electrons. The Morgan fingerprint density at radius 1 is 1.53 bits per heavy atom. The zero-order chi connectivity index (χ0) is 14.3.